The Balaban J connectivity index is 2.04. The van der Waals surface area contributed by atoms with Crippen LogP contribution in [0.5, 0.6) is 0 Å². The zero-order valence-corrected chi connectivity index (χ0v) is 10.8. The van der Waals surface area contributed by atoms with Crippen molar-refractivity contribution in [3.05, 3.63) is 12.7 Å². The molecule has 0 bridgehead atoms. The minimum absolute atomic E-state index is 0.140. The summed E-state index contributed by atoms with van der Waals surface area (Å²) in [6, 6.07) is 0. The number of ether oxygens (including phenoxy) is 2. The molecular formula is C13H19NO5. The number of piperidine rings is 1. The van der Waals surface area contributed by atoms with Crippen LogP contribution in [0.3, 0.4) is 0 Å². The minimum atomic E-state index is -0.869. The van der Waals surface area contributed by atoms with Gasteiger partial charge in [0.2, 0.25) is 0 Å². The predicted octanol–water partition coefficient (Wildman–Crippen LogP) is 1.12. The molecule has 0 aliphatic carbocycles. The topological polar surface area (TPSA) is 76.1 Å². The second-order valence-electron chi connectivity index (χ2n) is 5.12. The molecular weight excluding hydrogens is 250 g/mol. The molecule has 2 aliphatic heterocycles. The van der Waals surface area contributed by atoms with E-state index in [0.717, 1.165) is 6.42 Å². The van der Waals surface area contributed by atoms with Crippen molar-refractivity contribution in [1.82, 2.24) is 4.90 Å². The summed E-state index contributed by atoms with van der Waals surface area (Å²) in [5.74, 6) is -1.45. The summed E-state index contributed by atoms with van der Waals surface area (Å²) in [6.45, 7) is 5.39. The molecule has 0 radical (unpaired) electrons. The van der Waals surface area contributed by atoms with E-state index in [4.69, 9.17) is 9.47 Å². The molecule has 1 spiro atoms. The molecule has 0 aromatic carbocycles. The van der Waals surface area contributed by atoms with Crippen LogP contribution in [0.2, 0.25) is 0 Å². The summed E-state index contributed by atoms with van der Waals surface area (Å²) < 4.78 is 10.3. The molecule has 19 heavy (non-hydrogen) atoms. The lowest BCUT2D eigenvalue weighted by atomic mass is 9.70. The van der Waals surface area contributed by atoms with Gasteiger partial charge in [-0.25, -0.2) is 4.79 Å². The molecule has 2 unspecified atom stereocenters. The lowest BCUT2D eigenvalue weighted by Gasteiger charge is -2.42. The molecule has 0 aromatic rings. The first-order valence-corrected chi connectivity index (χ1v) is 6.42. The number of hydrogen-bond donors (Lipinski definition) is 1. The van der Waals surface area contributed by atoms with Crippen LogP contribution < -0.4 is 0 Å². The van der Waals surface area contributed by atoms with Gasteiger partial charge in [0.15, 0.2) is 0 Å². The van der Waals surface area contributed by atoms with E-state index in [-0.39, 0.29) is 18.6 Å². The van der Waals surface area contributed by atoms with Crippen molar-refractivity contribution in [2.75, 3.05) is 32.9 Å². The van der Waals surface area contributed by atoms with Gasteiger partial charge in [0, 0.05) is 25.1 Å². The molecule has 6 heteroatoms. The molecule has 2 heterocycles. The Morgan fingerprint density at radius 3 is 2.89 bits per heavy atom. The lowest BCUT2D eigenvalue weighted by Crippen LogP contribution is -2.52. The highest BCUT2D eigenvalue weighted by molar-refractivity contribution is 5.74. The summed E-state index contributed by atoms with van der Waals surface area (Å²) in [5, 5.41) is 9.39. The molecule has 2 saturated heterocycles. The third-order valence-electron chi connectivity index (χ3n) is 4.04. The summed E-state index contributed by atoms with van der Waals surface area (Å²) in [4.78, 5) is 24.7. The van der Waals surface area contributed by atoms with Crippen LogP contribution in [0.4, 0.5) is 4.79 Å². The Labute approximate surface area is 112 Å². The average molecular weight is 269 g/mol. The van der Waals surface area contributed by atoms with Crippen LogP contribution in [0.15, 0.2) is 12.7 Å². The Bertz CT molecular complexity index is 375. The van der Waals surface area contributed by atoms with Crippen molar-refractivity contribution >= 4 is 12.1 Å². The molecule has 1 N–H and O–H groups in total. The highest BCUT2D eigenvalue weighted by Gasteiger charge is 2.50. The molecule has 2 fully saturated rings. The Kier molecular flexibility index (Phi) is 4.09. The van der Waals surface area contributed by atoms with E-state index in [1.807, 2.05) is 0 Å². The van der Waals surface area contributed by atoms with Crippen molar-refractivity contribution in [3.63, 3.8) is 0 Å². The summed E-state index contributed by atoms with van der Waals surface area (Å²) >= 11 is 0. The first-order chi connectivity index (χ1) is 9.09. The van der Waals surface area contributed by atoms with Crippen LogP contribution in [0.1, 0.15) is 12.8 Å². The van der Waals surface area contributed by atoms with Crippen molar-refractivity contribution in [2.24, 2.45) is 11.3 Å². The van der Waals surface area contributed by atoms with Gasteiger partial charge in [0.1, 0.15) is 6.61 Å². The van der Waals surface area contributed by atoms with Gasteiger partial charge in [-0.2, -0.15) is 0 Å². The van der Waals surface area contributed by atoms with E-state index in [1.54, 1.807) is 0 Å². The predicted molar refractivity (Wildman–Crippen MR) is 66.7 cm³/mol. The first-order valence-electron chi connectivity index (χ1n) is 6.42. The van der Waals surface area contributed by atoms with Crippen LogP contribution in [0, 0.1) is 11.3 Å². The number of aliphatic carboxylic acids is 1. The quantitative estimate of drug-likeness (QED) is 0.777. The van der Waals surface area contributed by atoms with Gasteiger partial charge in [-0.05, 0) is 12.8 Å². The van der Waals surface area contributed by atoms with E-state index in [9.17, 15) is 14.7 Å². The van der Waals surface area contributed by atoms with Crippen molar-refractivity contribution in [3.8, 4) is 0 Å². The smallest absolute Gasteiger partial charge is 0.410 e. The number of carboxylic acid groups (broad SMARTS) is 1. The Morgan fingerprint density at radius 2 is 2.32 bits per heavy atom. The number of hydrogen-bond acceptors (Lipinski definition) is 4. The molecule has 2 aliphatic rings. The van der Waals surface area contributed by atoms with Crippen molar-refractivity contribution in [1.29, 1.82) is 0 Å². The molecule has 0 aromatic heterocycles. The highest BCUT2D eigenvalue weighted by atomic mass is 16.6. The Morgan fingerprint density at radius 1 is 1.53 bits per heavy atom. The minimum Gasteiger partial charge on any atom is -0.481 e. The third-order valence-corrected chi connectivity index (χ3v) is 4.04. The SMILES string of the molecule is C=CCOC(=O)N1CCC2(CCOC2)C(C(=O)O)C1. The van der Waals surface area contributed by atoms with E-state index < -0.39 is 18.0 Å². The summed E-state index contributed by atoms with van der Waals surface area (Å²) in [5.41, 5.74) is -0.318. The zero-order chi connectivity index (χ0) is 13.9. The standard InChI is InChI=1S/C13H19NO5/c1-2-6-19-12(17)14-5-3-13(4-7-18-9-13)10(8-14)11(15)16/h2,10H,1,3-9H2,(H,15,16). The molecule has 106 valence electrons. The maximum atomic E-state index is 11.8. The van der Waals surface area contributed by atoms with Crippen LogP contribution >= 0.6 is 0 Å². The highest BCUT2D eigenvalue weighted by Crippen LogP contribution is 2.43. The fourth-order valence-corrected chi connectivity index (χ4v) is 2.86. The van der Waals surface area contributed by atoms with E-state index in [2.05, 4.69) is 6.58 Å². The van der Waals surface area contributed by atoms with E-state index in [0.29, 0.717) is 26.2 Å². The monoisotopic (exact) mass is 269 g/mol. The average Bonchev–Trinajstić information content (AvgIpc) is 2.85. The van der Waals surface area contributed by atoms with Gasteiger partial charge in [0.25, 0.3) is 0 Å². The summed E-state index contributed by atoms with van der Waals surface area (Å²) in [6.07, 6.45) is 2.41. The molecule has 0 saturated carbocycles. The lowest BCUT2D eigenvalue weighted by molar-refractivity contribution is -0.150. The number of amides is 1. The van der Waals surface area contributed by atoms with Crippen molar-refractivity contribution < 1.29 is 24.2 Å². The van der Waals surface area contributed by atoms with Gasteiger partial charge in [0.05, 0.1) is 12.5 Å². The number of nitrogens with zero attached hydrogens (tertiary/aromatic N) is 1. The van der Waals surface area contributed by atoms with Crippen molar-refractivity contribution in [2.45, 2.75) is 12.8 Å². The largest absolute Gasteiger partial charge is 0.481 e. The zero-order valence-electron chi connectivity index (χ0n) is 10.8. The van der Waals surface area contributed by atoms with Crippen LogP contribution in [-0.4, -0.2) is 55.0 Å². The number of carbonyl (C=O) groups excluding carboxylic acids is 1. The van der Waals surface area contributed by atoms with Crippen LogP contribution in [-0.2, 0) is 14.3 Å². The Hall–Kier alpha value is -1.56. The molecule has 6 nitrogen and oxygen atoms in total. The first kappa shape index (κ1) is 13.9. The fraction of sp³-hybridized carbons (Fsp3) is 0.692. The second kappa shape index (κ2) is 5.61. The maximum Gasteiger partial charge on any atom is 0.410 e. The number of rotatable bonds is 3. The molecule has 2 rings (SSSR count). The van der Waals surface area contributed by atoms with Gasteiger partial charge in [-0.15, -0.1) is 0 Å². The van der Waals surface area contributed by atoms with E-state index >= 15 is 0 Å². The normalized spacial score (nSPS) is 30.3. The number of likely N-dealkylation sites (tertiary alicyclic amines) is 1. The second-order valence-corrected chi connectivity index (χ2v) is 5.12. The summed E-state index contributed by atoms with van der Waals surface area (Å²) in [7, 11) is 0. The number of carboxylic acids is 1. The van der Waals surface area contributed by atoms with Gasteiger partial charge in [-0.1, -0.05) is 12.7 Å². The third kappa shape index (κ3) is 2.73. The molecule has 1 amide bonds. The molecule has 2 atom stereocenters. The van der Waals surface area contributed by atoms with E-state index in [1.165, 1.54) is 11.0 Å². The van der Waals surface area contributed by atoms with Gasteiger partial charge >= 0.3 is 12.1 Å². The maximum absolute atomic E-state index is 11.8. The van der Waals surface area contributed by atoms with Gasteiger partial charge < -0.3 is 19.5 Å². The number of carbonyl (C=O) groups is 2. The fourth-order valence-electron chi connectivity index (χ4n) is 2.86. The van der Waals surface area contributed by atoms with Gasteiger partial charge in [-0.3, -0.25) is 4.79 Å². The van der Waals surface area contributed by atoms with Crippen LogP contribution in [0.25, 0.3) is 0 Å².